The summed E-state index contributed by atoms with van der Waals surface area (Å²) in [6.45, 7) is 1.94. The van der Waals surface area contributed by atoms with Gasteiger partial charge in [0.1, 0.15) is 0 Å². The predicted molar refractivity (Wildman–Crippen MR) is 78.9 cm³/mol. The van der Waals surface area contributed by atoms with E-state index in [4.69, 9.17) is 4.55 Å². The molecule has 0 aliphatic carbocycles. The van der Waals surface area contributed by atoms with E-state index < -0.39 is 10.1 Å². The zero-order chi connectivity index (χ0) is 14.8. The van der Waals surface area contributed by atoms with E-state index in [1.807, 2.05) is 19.1 Å². The van der Waals surface area contributed by atoms with Gasteiger partial charge in [0, 0.05) is 4.90 Å². The van der Waals surface area contributed by atoms with Crippen molar-refractivity contribution in [1.82, 2.24) is 0 Å². The largest absolute Gasteiger partial charge is 0.294 e. The summed E-state index contributed by atoms with van der Waals surface area (Å²) in [5, 5.41) is 8.02. The second-order valence-electron chi connectivity index (χ2n) is 4.14. The van der Waals surface area contributed by atoms with Crippen LogP contribution in [0.15, 0.2) is 62.5 Å². The highest BCUT2D eigenvalue weighted by Gasteiger charge is 2.07. The highest BCUT2D eigenvalue weighted by atomic mass is 32.2. The van der Waals surface area contributed by atoms with Crippen molar-refractivity contribution in [3.8, 4) is 0 Å². The number of nitrogens with zero attached hydrogens (tertiary/aromatic N) is 2. The molecule has 0 bridgehead atoms. The Kier molecular flexibility index (Phi) is 4.22. The van der Waals surface area contributed by atoms with Gasteiger partial charge in [-0.05, 0) is 48.9 Å². The summed E-state index contributed by atoms with van der Waals surface area (Å²) in [4.78, 5) is 0.646. The van der Waals surface area contributed by atoms with Crippen LogP contribution in [0.2, 0.25) is 0 Å². The van der Waals surface area contributed by atoms with Crippen molar-refractivity contribution in [2.45, 2.75) is 16.7 Å². The van der Waals surface area contributed by atoms with Crippen LogP contribution in [0.25, 0.3) is 0 Å². The Morgan fingerprint density at radius 1 is 1.00 bits per heavy atom. The molecule has 0 saturated carbocycles. The Morgan fingerprint density at radius 2 is 1.55 bits per heavy atom. The number of hydrogen-bond donors (Lipinski definition) is 2. The lowest BCUT2D eigenvalue weighted by Crippen LogP contribution is -1.96. The fourth-order valence-electron chi connectivity index (χ4n) is 1.46. The van der Waals surface area contributed by atoms with E-state index in [0.717, 1.165) is 10.5 Å². The number of azo groups is 1. The molecule has 0 saturated heterocycles. The molecule has 0 aliphatic rings. The van der Waals surface area contributed by atoms with Crippen LogP contribution in [-0.2, 0) is 10.1 Å². The van der Waals surface area contributed by atoms with Gasteiger partial charge in [-0.1, -0.05) is 6.07 Å². The average molecular weight is 308 g/mol. The third kappa shape index (κ3) is 3.66. The number of hydrogen-bond acceptors (Lipinski definition) is 5. The van der Waals surface area contributed by atoms with Gasteiger partial charge in [0.25, 0.3) is 10.1 Å². The van der Waals surface area contributed by atoms with Gasteiger partial charge in [0.05, 0.1) is 16.3 Å². The molecule has 0 radical (unpaired) electrons. The van der Waals surface area contributed by atoms with E-state index in [-0.39, 0.29) is 4.90 Å². The van der Waals surface area contributed by atoms with Gasteiger partial charge in [-0.15, -0.1) is 12.6 Å². The smallest absolute Gasteiger partial charge is 0.282 e. The van der Waals surface area contributed by atoms with Crippen LogP contribution in [-0.4, -0.2) is 13.0 Å². The van der Waals surface area contributed by atoms with E-state index >= 15 is 0 Å². The maximum atomic E-state index is 10.9. The summed E-state index contributed by atoms with van der Waals surface area (Å²) in [6, 6.07) is 10.9. The topological polar surface area (TPSA) is 79.1 Å². The summed E-state index contributed by atoms with van der Waals surface area (Å²) < 4.78 is 30.6. The molecule has 5 nitrogen and oxygen atoms in total. The minimum absolute atomic E-state index is 0.176. The zero-order valence-electron chi connectivity index (χ0n) is 10.6. The molecule has 0 aromatic heterocycles. The molecule has 2 aromatic carbocycles. The van der Waals surface area contributed by atoms with Crippen LogP contribution in [0.3, 0.4) is 0 Å². The summed E-state index contributed by atoms with van der Waals surface area (Å²) in [7, 11) is -4.18. The first-order valence-corrected chi connectivity index (χ1v) is 7.54. The normalized spacial score (nSPS) is 11.9. The third-order valence-corrected chi connectivity index (χ3v) is 3.96. The van der Waals surface area contributed by atoms with Crippen molar-refractivity contribution in [1.29, 1.82) is 0 Å². The molecule has 104 valence electrons. The molecule has 0 heterocycles. The fraction of sp³-hybridized carbons (Fsp3) is 0.0769. The number of thiol groups is 1. The second-order valence-corrected chi connectivity index (χ2v) is 6.04. The van der Waals surface area contributed by atoms with E-state index in [1.165, 1.54) is 24.3 Å². The molecule has 0 aliphatic heterocycles. The average Bonchev–Trinajstić information content (AvgIpc) is 2.40. The minimum atomic E-state index is -4.18. The van der Waals surface area contributed by atoms with Crippen molar-refractivity contribution >= 4 is 34.1 Å². The van der Waals surface area contributed by atoms with Crippen LogP contribution < -0.4 is 0 Å². The molecule has 2 rings (SSSR count). The van der Waals surface area contributed by atoms with Crippen molar-refractivity contribution in [2.24, 2.45) is 10.2 Å². The van der Waals surface area contributed by atoms with Crippen LogP contribution >= 0.6 is 12.6 Å². The van der Waals surface area contributed by atoms with E-state index in [0.29, 0.717) is 11.4 Å². The van der Waals surface area contributed by atoms with Gasteiger partial charge in [-0.2, -0.15) is 18.6 Å². The predicted octanol–water partition coefficient (Wildman–Crippen LogP) is 3.95. The van der Waals surface area contributed by atoms with Crippen molar-refractivity contribution in [3.05, 3.63) is 48.0 Å². The summed E-state index contributed by atoms with van der Waals surface area (Å²) >= 11 is 4.30. The first-order valence-electron chi connectivity index (χ1n) is 5.65. The van der Waals surface area contributed by atoms with Crippen molar-refractivity contribution in [3.63, 3.8) is 0 Å². The van der Waals surface area contributed by atoms with Crippen LogP contribution in [0.4, 0.5) is 11.4 Å². The van der Waals surface area contributed by atoms with E-state index in [1.54, 1.807) is 6.07 Å². The first kappa shape index (κ1) is 14.7. The van der Waals surface area contributed by atoms with Gasteiger partial charge in [0.15, 0.2) is 0 Å². The monoisotopic (exact) mass is 308 g/mol. The highest BCUT2D eigenvalue weighted by molar-refractivity contribution is 7.85. The van der Waals surface area contributed by atoms with Gasteiger partial charge < -0.3 is 0 Å². The standard InChI is InChI=1S/C13H12N2O3S2/c1-9-2-3-11(8-13(9)19)15-14-10-4-6-12(7-5-10)20(16,17)18/h2-8,19H,1H3,(H,16,17,18)/b15-14+. The molecule has 0 spiro atoms. The maximum absolute atomic E-state index is 10.9. The molecule has 2 aromatic rings. The summed E-state index contributed by atoms with van der Waals surface area (Å²) in [5.41, 5.74) is 2.18. The van der Waals surface area contributed by atoms with Crippen molar-refractivity contribution in [2.75, 3.05) is 0 Å². The van der Waals surface area contributed by atoms with Crippen LogP contribution in [0.1, 0.15) is 5.56 Å². The molecule has 0 atom stereocenters. The van der Waals surface area contributed by atoms with E-state index in [2.05, 4.69) is 22.9 Å². The quantitative estimate of drug-likeness (QED) is 0.512. The Hall–Kier alpha value is -1.70. The molecule has 20 heavy (non-hydrogen) atoms. The zero-order valence-corrected chi connectivity index (χ0v) is 12.3. The molecule has 0 unspecified atom stereocenters. The highest BCUT2D eigenvalue weighted by Crippen LogP contribution is 2.23. The second kappa shape index (κ2) is 5.74. The minimum Gasteiger partial charge on any atom is -0.282 e. The number of rotatable bonds is 3. The lowest BCUT2D eigenvalue weighted by atomic mass is 10.2. The molecule has 7 heteroatoms. The number of aryl methyl sites for hydroxylation is 1. The Labute approximate surface area is 122 Å². The van der Waals surface area contributed by atoms with Crippen molar-refractivity contribution < 1.29 is 13.0 Å². The van der Waals surface area contributed by atoms with Gasteiger partial charge in [-0.3, -0.25) is 4.55 Å². The Morgan fingerprint density at radius 3 is 2.10 bits per heavy atom. The van der Waals surface area contributed by atoms with Gasteiger partial charge in [0.2, 0.25) is 0 Å². The fourth-order valence-corrected chi connectivity index (χ4v) is 2.15. The molecular weight excluding hydrogens is 296 g/mol. The van der Waals surface area contributed by atoms with Gasteiger partial charge in [-0.25, -0.2) is 0 Å². The lowest BCUT2D eigenvalue weighted by Gasteiger charge is -1.99. The summed E-state index contributed by atoms with van der Waals surface area (Å²) in [6.07, 6.45) is 0. The van der Waals surface area contributed by atoms with Crippen LogP contribution in [0, 0.1) is 6.92 Å². The molecule has 1 N–H and O–H groups in total. The molecular formula is C13H12N2O3S2. The van der Waals surface area contributed by atoms with Crippen LogP contribution in [0.5, 0.6) is 0 Å². The number of benzene rings is 2. The maximum Gasteiger partial charge on any atom is 0.294 e. The van der Waals surface area contributed by atoms with E-state index in [9.17, 15) is 8.42 Å². The summed E-state index contributed by atoms with van der Waals surface area (Å²) in [5.74, 6) is 0. The lowest BCUT2D eigenvalue weighted by molar-refractivity contribution is 0.483. The Bertz CT molecular complexity index is 754. The first-order chi connectivity index (χ1) is 9.36. The van der Waals surface area contributed by atoms with Gasteiger partial charge >= 0.3 is 0 Å². The molecule has 0 amide bonds. The Balaban J connectivity index is 2.21. The SMILES string of the molecule is Cc1ccc(/N=N/c2ccc(S(=O)(=O)O)cc2)cc1S. The molecule has 0 fully saturated rings. The third-order valence-electron chi connectivity index (χ3n) is 2.61.